The summed E-state index contributed by atoms with van der Waals surface area (Å²) in [6, 6.07) is 4.69. The van der Waals surface area contributed by atoms with Gasteiger partial charge >= 0.3 is 5.97 Å². The van der Waals surface area contributed by atoms with Crippen LogP contribution in [0.15, 0.2) is 29.2 Å². The van der Waals surface area contributed by atoms with Crippen LogP contribution in [0.1, 0.15) is 29.3 Å². The molecule has 3 atom stereocenters. The minimum Gasteiger partial charge on any atom is -1.00 e. The third kappa shape index (κ3) is 3.73. The fourth-order valence-corrected chi connectivity index (χ4v) is 5.47. The first kappa shape index (κ1) is 25.6. The molecule has 1 saturated heterocycles. The van der Waals surface area contributed by atoms with E-state index in [2.05, 4.69) is 5.73 Å². The summed E-state index contributed by atoms with van der Waals surface area (Å²) in [6.45, 7) is 2.67. The third-order valence-electron chi connectivity index (χ3n) is 7.26. The van der Waals surface area contributed by atoms with Gasteiger partial charge in [0.1, 0.15) is 40.2 Å². The second-order valence-electron chi connectivity index (χ2n) is 9.88. The zero-order valence-electron chi connectivity index (χ0n) is 19.8. The molecule has 3 aliphatic heterocycles. The molecule has 0 amide bonds. The highest BCUT2D eigenvalue weighted by molar-refractivity contribution is 6.18. The van der Waals surface area contributed by atoms with Crippen LogP contribution in [0.2, 0.25) is 0 Å². The molecule has 0 saturated carbocycles. The van der Waals surface area contributed by atoms with Crippen LogP contribution in [0.4, 0.5) is 10.1 Å². The molecule has 0 bridgehead atoms. The molecule has 0 spiro atoms. The van der Waals surface area contributed by atoms with E-state index in [0.717, 1.165) is 18.1 Å². The number of aromatic nitrogens is 1. The van der Waals surface area contributed by atoms with Crippen LogP contribution in [0.5, 0.6) is 17.2 Å². The smallest absolute Gasteiger partial charge is 0.341 e. The average molecular weight is 552 g/mol. The van der Waals surface area contributed by atoms with Crippen molar-refractivity contribution in [2.45, 2.75) is 37.5 Å². The number of alkyl halides is 1. The molecule has 0 aliphatic carbocycles. The predicted molar refractivity (Wildman–Crippen MR) is 130 cm³/mol. The van der Waals surface area contributed by atoms with E-state index in [9.17, 15) is 19.8 Å². The molecule has 0 radical (unpaired) electrons. The number of ether oxygens (including phenoxy) is 2. The van der Waals surface area contributed by atoms with E-state index in [-0.39, 0.29) is 46.7 Å². The van der Waals surface area contributed by atoms with Crippen molar-refractivity contribution in [1.82, 2.24) is 4.57 Å². The van der Waals surface area contributed by atoms with Crippen molar-refractivity contribution in [3.63, 3.8) is 0 Å². The summed E-state index contributed by atoms with van der Waals surface area (Å²) in [7, 11) is 0. The molecule has 12 heteroatoms. The summed E-state index contributed by atoms with van der Waals surface area (Å²) in [6.07, 6.45) is 1.73. The number of hydrogen-bond donors (Lipinski definition) is 3. The van der Waals surface area contributed by atoms with Gasteiger partial charge in [-0.05, 0) is 19.1 Å². The number of anilines is 1. The van der Waals surface area contributed by atoms with Crippen LogP contribution in [-0.4, -0.2) is 57.5 Å². The van der Waals surface area contributed by atoms with Gasteiger partial charge < -0.3 is 47.3 Å². The molecular weight excluding hydrogens is 528 g/mol. The maximum absolute atomic E-state index is 15.5. The van der Waals surface area contributed by atoms with E-state index >= 15 is 4.39 Å². The van der Waals surface area contributed by atoms with Crippen molar-refractivity contribution in [1.29, 1.82) is 0 Å². The number of quaternary nitrogens is 1. The molecular formula is C25H24Cl2FN3O6. The number of halogens is 3. The van der Waals surface area contributed by atoms with Crippen LogP contribution in [0, 0.1) is 5.82 Å². The number of hydrogen-bond acceptors (Lipinski definition) is 6. The van der Waals surface area contributed by atoms with Gasteiger partial charge in [0, 0.05) is 31.1 Å². The second kappa shape index (κ2) is 8.76. The Morgan fingerprint density at radius 3 is 2.73 bits per heavy atom. The number of carboxylic acid groups (broad SMARTS) is 1. The first-order valence-electron chi connectivity index (χ1n) is 11.6. The van der Waals surface area contributed by atoms with Gasteiger partial charge in [0.05, 0.1) is 17.8 Å². The zero-order valence-corrected chi connectivity index (χ0v) is 21.3. The molecule has 3 aromatic rings. The maximum atomic E-state index is 15.5. The number of nitrogens with zero attached hydrogens (tertiary/aromatic N) is 2. The van der Waals surface area contributed by atoms with Crippen LogP contribution in [0.25, 0.3) is 16.6 Å². The van der Waals surface area contributed by atoms with Crippen LogP contribution in [-0.2, 0) is 6.42 Å². The zero-order chi connectivity index (χ0) is 25.5. The van der Waals surface area contributed by atoms with Gasteiger partial charge in [0.25, 0.3) is 0 Å². The van der Waals surface area contributed by atoms with Gasteiger partial charge in [-0.2, -0.15) is 0 Å². The number of aliphatic hydroxyl groups is 1. The normalized spacial score (nSPS) is 20.9. The van der Waals surface area contributed by atoms with Crippen molar-refractivity contribution in [3.05, 3.63) is 51.6 Å². The summed E-state index contributed by atoms with van der Waals surface area (Å²) in [4.78, 5) is 26.9. The summed E-state index contributed by atoms with van der Waals surface area (Å²) >= 11 is 5.97. The molecule has 9 nitrogen and oxygen atoms in total. The molecule has 1 aromatic heterocycles. The van der Waals surface area contributed by atoms with Gasteiger partial charge in [-0.1, -0.05) is 6.07 Å². The molecule has 6 rings (SSSR count). The standard InChI is InChI=1S/C25H23ClFN3O6.ClH/c1-25(34,10-26)17-6-11-2-3-16-20(22(11)36-17)30-9-14(24(32)33)21(31)13-7-15(27)19(23(35-16)18(13)30)29-5-4-12(28)8-29;/h2-3,7,9,12,17,34H,4-6,8,10,28H2,1H3,(H,32,33);1H/t12-,17+,25+;/m0./s1. The molecule has 3 aliphatic rings. The Morgan fingerprint density at radius 2 is 2.08 bits per heavy atom. The van der Waals surface area contributed by atoms with Crippen molar-refractivity contribution in [2.24, 2.45) is 0 Å². The summed E-state index contributed by atoms with van der Waals surface area (Å²) in [5.41, 5.74) is 3.06. The van der Waals surface area contributed by atoms with Crippen molar-refractivity contribution >= 4 is 34.2 Å². The SMILES string of the molecule is C[C@@](O)(CCl)[C@H]1Cc2ccc3c(c2O1)-n1cc(C(=O)O)c(=O)c2cc(F)c(N4CC[C@H]([NH3+])C4)c(c21)O3.[Cl-]. The summed E-state index contributed by atoms with van der Waals surface area (Å²) in [5, 5.41) is 20.3. The Kier molecular flexibility index (Phi) is 6.06. The lowest BCUT2D eigenvalue weighted by Crippen LogP contribution is -3.00. The Bertz CT molecular complexity index is 1530. The Labute approximate surface area is 221 Å². The van der Waals surface area contributed by atoms with Crippen LogP contribution < -0.4 is 37.9 Å². The molecule has 2 aromatic carbocycles. The fraction of sp³-hybridized carbons (Fsp3) is 0.360. The van der Waals surface area contributed by atoms with Gasteiger partial charge in [-0.15, -0.1) is 11.6 Å². The average Bonchev–Trinajstić information content (AvgIpc) is 3.47. The first-order valence-corrected chi connectivity index (χ1v) is 12.2. The monoisotopic (exact) mass is 551 g/mol. The van der Waals surface area contributed by atoms with Crippen molar-refractivity contribution in [2.75, 3.05) is 23.9 Å². The van der Waals surface area contributed by atoms with Gasteiger partial charge in [0.15, 0.2) is 23.1 Å². The molecule has 4 heterocycles. The molecule has 37 heavy (non-hydrogen) atoms. The van der Waals surface area contributed by atoms with E-state index in [0.29, 0.717) is 36.7 Å². The van der Waals surface area contributed by atoms with Crippen molar-refractivity contribution < 1.29 is 47.0 Å². The fourth-order valence-electron chi connectivity index (χ4n) is 5.30. The van der Waals surface area contributed by atoms with E-state index in [4.69, 9.17) is 21.1 Å². The highest BCUT2D eigenvalue weighted by Crippen LogP contribution is 2.52. The largest absolute Gasteiger partial charge is 1.00 e. The Balaban J connectivity index is 0.00000280. The van der Waals surface area contributed by atoms with Gasteiger partial charge in [0.2, 0.25) is 5.43 Å². The molecule has 0 unspecified atom stereocenters. The number of benzene rings is 2. The number of fused-ring (bicyclic) bond motifs is 4. The van der Waals surface area contributed by atoms with Crippen LogP contribution in [0.3, 0.4) is 0 Å². The maximum Gasteiger partial charge on any atom is 0.341 e. The topological polar surface area (TPSA) is 129 Å². The Morgan fingerprint density at radius 1 is 1.32 bits per heavy atom. The molecule has 5 N–H and O–H groups in total. The number of rotatable bonds is 4. The molecule has 196 valence electrons. The minimum absolute atomic E-state index is 0. The highest BCUT2D eigenvalue weighted by atomic mass is 35.5. The summed E-state index contributed by atoms with van der Waals surface area (Å²) < 4.78 is 29.5. The van der Waals surface area contributed by atoms with E-state index in [1.54, 1.807) is 19.1 Å². The van der Waals surface area contributed by atoms with E-state index < -0.39 is 34.5 Å². The Hall–Kier alpha value is -3.05. The number of aromatic carboxylic acids is 1. The third-order valence-corrected chi connectivity index (χ3v) is 7.80. The van der Waals surface area contributed by atoms with Gasteiger partial charge in [-0.25, -0.2) is 9.18 Å². The quantitative estimate of drug-likeness (QED) is 0.279. The molecule has 1 fully saturated rings. The summed E-state index contributed by atoms with van der Waals surface area (Å²) in [5.74, 6) is -1.31. The lowest BCUT2D eigenvalue weighted by atomic mass is 9.96. The van der Waals surface area contributed by atoms with E-state index in [1.807, 2.05) is 4.90 Å². The number of pyridine rings is 1. The van der Waals surface area contributed by atoms with Crippen LogP contribution >= 0.6 is 11.6 Å². The lowest BCUT2D eigenvalue weighted by Gasteiger charge is -2.30. The second-order valence-corrected chi connectivity index (χ2v) is 10.2. The first-order chi connectivity index (χ1) is 17.1. The van der Waals surface area contributed by atoms with Gasteiger partial charge in [-0.3, -0.25) is 4.79 Å². The predicted octanol–water partition coefficient (Wildman–Crippen LogP) is -0.948. The van der Waals surface area contributed by atoms with E-state index in [1.165, 1.54) is 10.8 Å². The van der Waals surface area contributed by atoms with Crippen molar-refractivity contribution in [3.8, 4) is 22.9 Å². The number of carboxylic acids is 1. The number of carbonyl (C=O) groups is 1. The minimum atomic E-state index is -1.43. The lowest BCUT2D eigenvalue weighted by molar-refractivity contribution is -0.412. The highest BCUT2D eigenvalue weighted by Gasteiger charge is 2.41.